The van der Waals surface area contributed by atoms with E-state index in [9.17, 15) is 13.2 Å². The van der Waals surface area contributed by atoms with Gasteiger partial charge < -0.3 is 9.32 Å². The number of para-hydroxylation sites is 2. The highest BCUT2D eigenvalue weighted by atomic mass is 19.4. The third kappa shape index (κ3) is 2.39. The van der Waals surface area contributed by atoms with E-state index in [1.165, 1.54) is 0 Å². The molecule has 19 heavy (non-hydrogen) atoms. The highest BCUT2D eigenvalue weighted by Gasteiger charge is 2.48. The van der Waals surface area contributed by atoms with Crippen LogP contribution in [-0.2, 0) is 0 Å². The summed E-state index contributed by atoms with van der Waals surface area (Å²) in [5.74, 6) is 0. The van der Waals surface area contributed by atoms with E-state index in [-0.39, 0.29) is 0 Å². The number of benzene rings is 1. The van der Waals surface area contributed by atoms with Gasteiger partial charge in [0.05, 0.1) is 6.42 Å². The molecule has 1 aromatic carbocycles. The number of aromatic nitrogens is 1. The molecular weight excluding hydrogens is 257 g/mol. The zero-order valence-electron chi connectivity index (χ0n) is 10.4. The van der Waals surface area contributed by atoms with Gasteiger partial charge in [-0.1, -0.05) is 19.1 Å². The van der Waals surface area contributed by atoms with Crippen molar-refractivity contribution >= 4 is 17.1 Å². The molecule has 0 atom stereocenters. The average Bonchev–Trinajstić information content (AvgIpc) is 2.66. The summed E-state index contributed by atoms with van der Waals surface area (Å²) in [4.78, 5) is 6.02. The lowest BCUT2D eigenvalue weighted by Gasteiger charge is -2.47. The lowest BCUT2D eigenvalue weighted by Crippen LogP contribution is -2.56. The van der Waals surface area contributed by atoms with Gasteiger partial charge >= 0.3 is 6.18 Å². The summed E-state index contributed by atoms with van der Waals surface area (Å²) in [5, 5.41) is 0. The fraction of sp³-hybridized carbons (Fsp3) is 0.462. The Balaban J connectivity index is 1.73. The van der Waals surface area contributed by atoms with Crippen LogP contribution < -0.4 is 4.90 Å². The zero-order valence-corrected chi connectivity index (χ0v) is 10.4. The van der Waals surface area contributed by atoms with Gasteiger partial charge in [-0.05, 0) is 12.1 Å². The maximum atomic E-state index is 12.4. The summed E-state index contributed by atoms with van der Waals surface area (Å²) in [6.45, 7) is 2.28. The van der Waals surface area contributed by atoms with E-state index < -0.39 is 18.0 Å². The van der Waals surface area contributed by atoms with E-state index >= 15 is 0 Å². The molecule has 0 saturated carbocycles. The van der Waals surface area contributed by atoms with Gasteiger partial charge in [0, 0.05) is 18.5 Å². The molecule has 0 N–H and O–H groups in total. The smallest absolute Gasteiger partial charge is 0.389 e. The van der Waals surface area contributed by atoms with Crippen molar-refractivity contribution in [3.05, 3.63) is 24.3 Å². The van der Waals surface area contributed by atoms with Crippen molar-refractivity contribution in [1.82, 2.24) is 4.98 Å². The summed E-state index contributed by atoms with van der Waals surface area (Å²) in [7, 11) is 0. The third-order valence-corrected chi connectivity index (χ3v) is 3.33. The van der Waals surface area contributed by atoms with E-state index in [4.69, 9.17) is 4.42 Å². The van der Waals surface area contributed by atoms with Crippen molar-refractivity contribution in [2.45, 2.75) is 19.5 Å². The van der Waals surface area contributed by atoms with Crippen LogP contribution in [0.1, 0.15) is 13.3 Å². The van der Waals surface area contributed by atoms with Crippen LogP contribution in [0.3, 0.4) is 0 Å². The average molecular weight is 270 g/mol. The van der Waals surface area contributed by atoms with E-state index in [1.54, 1.807) is 17.9 Å². The van der Waals surface area contributed by atoms with Crippen LogP contribution in [0.4, 0.5) is 19.2 Å². The van der Waals surface area contributed by atoms with E-state index in [0.717, 1.165) is 5.52 Å². The van der Waals surface area contributed by atoms with Crippen molar-refractivity contribution in [1.29, 1.82) is 0 Å². The van der Waals surface area contributed by atoms with Gasteiger partial charge in [0.2, 0.25) is 0 Å². The molecule has 102 valence electrons. The Morgan fingerprint density at radius 3 is 2.63 bits per heavy atom. The molecule has 1 saturated heterocycles. The highest BCUT2D eigenvalue weighted by Crippen LogP contribution is 2.42. The van der Waals surface area contributed by atoms with Crippen molar-refractivity contribution in [3.63, 3.8) is 0 Å². The van der Waals surface area contributed by atoms with Gasteiger partial charge in [0.25, 0.3) is 6.01 Å². The van der Waals surface area contributed by atoms with Gasteiger partial charge in [-0.2, -0.15) is 18.2 Å². The molecular formula is C13H13F3N2O. The van der Waals surface area contributed by atoms with Crippen LogP contribution >= 0.6 is 0 Å². The van der Waals surface area contributed by atoms with Crippen LogP contribution in [0.25, 0.3) is 11.1 Å². The first kappa shape index (κ1) is 12.3. The minimum absolute atomic E-state index is 0.319. The molecule has 0 aliphatic carbocycles. The largest absolute Gasteiger partial charge is 0.423 e. The Morgan fingerprint density at radius 1 is 1.32 bits per heavy atom. The molecule has 3 nitrogen and oxygen atoms in total. The normalized spacial score (nSPS) is 18.6. The van der Waals surface area contributed by atoms with Gasteiger partial charge in [0.1, 0.15) is 5.52 Å². The third-order valence-electron chi connectivity index (χ3n) is 3.33. The molecule has 2 heterocycles. The van der Waals surface area contributed by atoms with Crippen LogP contribution in [0, 0.1) is 5.41 Å². The number of rotatable bonds is 2. The SMILES string of the molecule is CC1(CC(F)(F)F)CN(c2nc3ccccc3o2)C1. The summed E-state index contributed by atoms with van der Waals surface area (Å²) in [5.41, 5.74) is 0.641. The molecule has 0 amide bonds. The zero-order chi connectivity index (χ0) is 13.7. The number of oxazole rings is 1. The van der Waals surface area contributed by atoms with Crippen LogP contribution in [0.5, 0.6) is 0 Å². The van der Waals surface area contributed by atoms with Gasteiger partial charge in [-0.15, -0.1) is 0 Å². The Labute approximate surface area is 108 Å². The van der Waals surface area contributed by atoms with Crippen molar-refractivity contribution in [3.8, 4) is 0 Å². The lowest BCUT2D eigenvalue weighted by molar-refractivity contribution is -0.159. The topological polar surface area (TPSA) is 29.3 Å². The number of nitrogens with zero attached hydrogens (tertiary/aromatic N) is 2. The fourth-order valence-electron chi connectivity index (χ4n) is 2.60. The van der Waals surface area contributed by atoms with Crippen LogP contribution in [0.15, 0.2) is 28.7 Å². The number of halogens is 3. The second kappa shape index (κ2) is 3.88. The van der Waals surface area contributed by atoms with E-state index in [0.29, 0.717) is 24.7 Å². The van der Waals surface area contributed by atoms with E-state index in [1.807, 2.05) is 18.2 Å². The molecule has 6 heteroatoms. The fourth-order valence-corrected chi connectivity index (χ4v) is 2.60. The summed E-state index contributed by atoms with van der Waals surface area (Å²) in [6.07, 6.45) is -4.89. The van der Waals surface area contributed by atoms with Crippen molar-refractivity contribution in [2.24, 2.45) is 5.41 Å². The monoisotopic (exact) mass is 270 g/mol. The minimum atomic E-state index is -4.12. The van der Waals surface area contributed by atoms with Gasteiger partial charge in [-0.25, -0.2) is 0 Å². The quantitative estimate of drug-likeness (QED) is 0.834. The number of anilines is 1. The second-order valence-electron chi connectivity index (χ2n) is 5.42. The molecule has 1 aromatic heterocycles. The number of fused-ring (bicyclic) bond motifs is 1. The first-order chi connectivity index (χ1) is 8.85. The molecule has 0 unspecified atom stereocenters. The standard InChI is InChI=1S/C13H13F3N2O/c1-12(6-13(14,15)16)7-18(8-12)11-17-9-4-2-3-5-10(9)19-11/h2-5H,6-8H2,1H3. The summed E-state index contributed by atoms with van der Waals surface area (Å²) < 4.78 is 42.8. The van der Waals surface area contributed by atoms with Gasteiger partial charge in [-0.3, -0.25) is 0 Å². The maximum absolute atomic E-state index is 12.4. The predicted molar refractivity (Wildman–Crippen MR) is 65.0 cm³/mol. The molecule has 3 rings (SSSR count). The predicted octanol–water partition coefficient (Wildman–Crippen LogP) is 3.61. The molecule has 1 aliphatic rings. The number of hydrogen-bond donors (Lipinski definition) is 0. The second-order valence-corrected chi connectivity index (χ2v) is 5.42. The Hall–Kier alpha value is -1.72. The van der Waals surface area contributed by atoms with Crippen LogP contribution in [-0.4, -0.2) is 24.2 Å². The molecule has 0 bridgehead atoms. The molecule has 0 spiro atoms. The number of hydrogen-bond acceptors (Lipinski definition) is 3. The Bertz CT molecular complexity index is 566. The first-order valence-electron chi connectivity index (χ1n) is 6.02. The Kier molecular flexibility index (Phi) is 2.52. The lowest BCUT2D eigenvalue weighted by atomic mass is 9.79. The van der Waals surface area contributed by atoms with Crippen molar-refractivity contribution < 1.29 is 17.6 Å². The molecule has 1 aliphatic heterocycles. The van der Waals surface area contributed by atoms with E-state index in [2.05, 4.69) is 4.98 Å². The van der Waals surface area contributed by atoms with Gasteiger partial charge in [0.15, 0.2) is 5.58 Å². The molecule has 2 aromatic rings. The summed E-state index contributed by atoms with van der Waals surface area (Å²) in [6, 6.07) is 7.69. The Morgan fingerprint density at radius 2 is 2.00 bits per heavy atom. The molecule has 1 fully saturated rings. The maximum Gasteiger partial charge on any atom is 0.389 e. The molecule has 0 radical (unpaired) electrons. The highest BCUT2D eigenvalue weighted by molar-refractivity contribution is 5.74. The van der Waals surface area contributed by atoms with Crippen LogP contribution in [0.2, 0.25) is 0 Å². The summed E-state index contributed by atoms with van der Waals surface area (Å²) >= 11 is 0. The first-order valence-corrected chi connectivity index (χ1v) is 6.02. The minimum Gasteiger partial charge on any atom is -0.423 e. The number of alkyl halides is 3. The van der Waals surface area contributed by atoms with Crippen molar-refractivity contribution in [2.75, 3.05) is 18.0 Å².